The van der Waals surface area contributed by atoms with Gasteiger partial charge in [0.05, 0.1) is 23.8 Å². The summed E-state index contributed by atoms with van der Waals surface area (Å²) in [7, 11) is 0. The smallest absolute Gasteiger partial charge is 0.369 e. The van der Waals surface area contributed by atoms with E-state index < -0.39 is 40.8 Å². The second-order valence-electron chi connectivity index (χ2n) is 7.86. The van der Waals surface area contributed by atoms with E-state index in [0.717, 1.165) is 28.1 Å². The maximum atomic E-state index is 13.1. The molecule has 166 valence electrons. The topological polar surface area (TPSA) is 115 Å². The summed E-state index contributed by atoms with van der Waals surface area (Å²) in [4.78, 5) is 31.0. The minimum Gasteiger partial charge on any atom is -0.369 e. The summed E-state index contributed by atoms with van der Waals surface area (Å²) in [5.74, 6) is -1.07. The molecule has 31 heavy (non-hydrogen) atoms. The Labute approximate surface area is 177 Å². The number of nitrogens with one attached hydrogen (secondary N) is 1. The quantitative estimate of drug-likeness (QED) is 0.327. The molecule has 1 aromatic carbocycles. The number of nitrogens with zero attached hydrogens (tertiary/aromatic N) is 4. The third-order valence-corrected chi connectivity index (χ3v) is 4.38. The summed E-state index contributed by atoms with van der Waals surface area (Å²) in [5, 5.41) is 12.1. The summed E-state index contributed by atoms with van der Waals surface area (Å²) in [6, 6.07) is 4.91. The van der Waals surface area contributed by atoms with Gasteiger partial charge in [-0.3, -0.25) is 9.69 Å². The molecular weight excluding hydrogens is 413 g/mol. The molecule has 0 aliphatic carbocycles. The predicted molar refractivity (Wildman–Crippen MR) is 109 cm³/mol. The van der Waals surface area contributed by atoms with E-state index in [2.05, 4.69) is 10.3 Å². The van der Waals surface area contributed by atoms with E-state index in [4.69, 9.17) is 5.73 Å². The minimum atomic E-state index is -4.58. The van der Waals surface area contributed by atoms with Crippen molar-refractivity contribution in [2.24, 2.45) is 10.7 Å². The number of carbonyl (C=O) groups is 2. The van der Waals surface area contributed by atoms with Crippen LogP contribution in [-0.4, -0.2) is 40.9 Å². The Morgan fingerprint density at radius 1 is 1.42 bits per heavy atom. The lowest BCUT2D eigenvalue weighted by molar-refractivity contribution is -0.137. The van der Waals surface area contributed by atoms with Crippen LogP contribution in [0.3, 0.4) is 0 Å². The van der Waals surface area contributed by atoms with Crippen molar-refractivity contribution in [1.82, 2.24) is 10.2 Å². The van der Waals surface area contributed by atoms with Crippen LogP contribution in [0.4, 0.5) is 23.7 Å². The Kier molecular flexibility index (Phi) is 6.64. The van der Waals surface area contributed by atoms with E-state index in [0.29, 0.717) is 0 Å². The number of anilines is 1. The molecule has 3 amide bonds. The number of rotatable bonds is 4. The number of alkyl halides is 3. The van der Waals surface area contributed by atoms with E-state index in [1.807, 2.05) is 0 Å². The molecule has 11 heteroatoms. The van der Waals surface area contributed by atoms with E-state index in [1.54, 1.807) is 33.8 Å². The minimum absolute atomic E-state index is 0.0198. The molecule has 0 atom stereocenters. The molecule has 0 bridgehead atoms. The Bertz CT molecular complexity index is 976. The molecule has 8 nitrogen and oxygen atoms in total. The number of nitriles is 1. The highest BCUT2D eigenvalue weighted by molar-refractivity contribution is 6.09. The Hall–Kier alpha value is -3.55. The number of hydrogen-bond acceptors (Lipinski definition) is 4. The van der Waals surface area contributed by atoms with Crippen LogP contribution in [0.15, 0.2) is 41.0 Å². The van der Waals surface area contributed by atoms with Gasteiger partial charge in [0.1, 0.15) is 11.6 Å². The zero-order chi connectivity index (χ0) is 23.6. The number of aliphatic imine (C=N–C) groups is 1. The fourth-order valence-electron chi connectivity index (χ4n) is 2.99. The van der Waals surface area contributed by atoms with Crippen LogP contribution in [0.2, 0.25) is 0 Å². The van der Waals surface area contributed by atoms with Gasteiger partial charge in [-0.05, 0) is 45.9 Å². The first-order valence-electron chi connectivity index (χ1n) is 9.31. The van der Waals surface area contributed by atoms with Crippen molar-refractivity contribution in [3.63, 3.8) is 0 Å². The van der Waals surface area contributed by atoms with Gasteiger partial charge in [0.15, 0.2) is 0 Å². The summed E-state index contributed by atoms with van der Waals surface area (Å²) in [6.07, 6.45) is -3.68. The molecule has 0 unspecified atom stereocenters. The van der Waals surface area contributed by atoms with Gasteiger partial charge >= 0.3 is 12.2 Å². The standard InChI is InChI=1S/C20H23F3N6O2/c1-12(2)29(15-7-5-6-14(8-15)20(21,22)23)16(30)13(9-24)10-26-17(25)28-11-19(3,4)27-18(28)31/h5-8,10,12H,11H2,1-4H3,(H2,25,26)(H,27,31). The maximum Gasteiger partial charge on any atom is 0.416 e. The average molecular weight is 436 g/mol. The molecule has 1 aliphatic rings. The van der Waals surface area contributed by atoms with Crippen LogP contribution in [0.1, 0.15) is 33.3 Å². The number of halogens is 3. The van der Waals surface area contributed by atoms with Crippen molar-refractivity contribution in [3.05, 3.63) is 41.6 Å². The number of hydrogen-bond donors (Lipinski definition) is 2. The number of urea groups is 1. The first kappa shape index (κ1) is 23.7. The van der Waals surface area contributed by atoms with Crippen molar-refractivity contribution in [2.75, 3.05) is 11.4 Å². The van der Waals surface area contributed by atoms with Crippen LogP contribution in [0.5, 0.6) is 0 Å². The SMILES string of the molecule is CC(C)N(C(=O)C(C#N)=CN=C(N)N1CC(C)(C)NC1=O)c1cccc(C(F)(F)F)c1. The van der Waals surface area contributed by atoms with E-state index in [-0.39, 0.29) is 18.2 Å². The van der Waals surface area contributed by atoms with Crippen molar-refractivity contribution in [1.29, 1.82) is 5.26 Å². The lowest BCUT2D eigenvalue weighted by atomic mass is 10.1. The van der Waals surface area contributed by atoms with E-state index >= 15 is 0 Å². The predicted octanol–water partition coefficient (Wildman–Crippen LogP) is 2.97. The first-order chi connectivity index (χ1) is 14.3. The Morgan fingerprint density at radius 3 is 2.55 bits per heavy atom. The van der Waals surface area contributed by atoms with Gasteiger partial charge in [-0.25, -0.2) is 9.79 Å². The molecular formula is C20H23F3N6O2. The second-order valence-corrected chi connectivity index (χ2v) is 7.86. The van der Waals surface area contributed by atoms with Crippen molar-refractivity contribution >= 4 is 23.6 Å². The third-order valence-electron chi connectivity index (χ3n) is 4.38. The number of guanidine groups is 1. The highest BCUT2D eigenvalue weighted by Gasteiger charge is 2.36. The molecule has 1 fully saturated rings. The Morgan fingerprint density at radius 2 is 2.06 bits per heavy atom. The second kappa shape index (κ2) is 8.67. The Balaban J connectivity index is 2.36. The maximum absolute atomic E-state index is 13.1. The molecule has 3 N–H and O–H groups in total. The number of carbonyl (C=O) groups excluding carboxylic acids is 2. The van der Waals surface area contributed by atoms with Gasteiger partial charge in [-0.2, -0.15) is 18.4 Å². The van der Waals surface area contributed by atoms with Crippen LogP contribution >= 0.6 is 0 Å². The van der Waals surface area contributed by atoms with E-state index in [9.17, 15) is 28.0 Å². The number of benzene rings is 1. The average Bonchev–Trinajstić information content (AvgIpc) is 2.94. The fourth-order valence-corrected chi connectivity index (χ4v) is 2.99. The highest BCUT2D eigenvalue weighted by Crippen LogP contribution is 2.32. The zero-order valence-electron chi connectivity index (χ0n) is 17.5. The van der Waals surface area contributed by atoms with Gasteiger partial charge in [0.2, 0.25) is 5.96 Å². The summed E-state index contributed by atoms with van der Waals surface area (Å²) in [6.45, 7) is 7.00. The molecule has 2 rings (SSSR count). The fraction of sp³-hybridized carbons (Fsp3) is 0.400. The zero-order valence-corrected chi connectivity index (χ0v) is 17.5. The molecule has 1 aliphatic heterocycles. The molecule has 1 saturated heterocycles. The molecule has 0 saturated carbocycles. The van der Waals surface area contributed by atoms with Gasteiger partial charge in [0.25, 0.3) is 5.91 Å². The molecule has 0 aromatic heterocycles. The first-order valence-corrected chi connectivity index (χ1v) is 9.31. The summed E-state index contributed by atoms with van der Waals surface area (Å²) in [5.41, 5.74) is 3.89. The lowest BCUT2D eigenvalue weighted by Crippen LogP contribution is -2.40. The normalized spacial score (nSPS) is 16.9. The number of amides is 3. The monoisotopic (exact) mass is 436 g/mol. The van der Waals surface area contributed by atoms with Crippen LogP contribution in [-0.2, 0) is 11.0 Å². The van der Waals surface area contributed by atoms with Crippen LogP contribution < -0.4 is 16.0 Å². The van der Waals surface area contributed by atoms with Gasteiger partial charge < -0.3 is 16.0 Å². The van der Waals surface area contributed by atoms with Gasteiger partial charge in [-0.15, -0.1) is 0 Å². The summed E-state index contributed by atoms with van der Waals surface area (Å²) < 4.78 is 39.2. The molecule has 0 spiro atoms. The highest BCUT2D eigenvalue weighted by atomic mass is 19.4. The summed E-state index contributed by atoms with van der Waals surface area (Å²) >= 11 is 0. The van der Waals surface area contributed by atoms with Crippen LogP contribution in [0, 0.1) is 11.3 Å². The van der Waals surface area contributed by atoms with Crippen molar-refractivity contribution in [3.8, 4) is 6.07 Å². The molecule has 1 heterocycles. The van der Waals surface area contributed by atoms with E-state index in [1.165, 1.54) is 12.1 Å². The third kappa shape index (κ3) is 5.53. The molecule has 1 aromatic rings. The lowest BCUT2D eigenvalue weighted by Gasteiger charge is -2.27. The largest absolute Gasteiger partial charge is 0.416 e. The van der Waals surface area contributed by atoms with Gasteiger partial charge in [-0.1, -0.05) is 6.07 Å². The molecule has 0 radical (unpaired) electrons. The van der Waals surface area contributed by atoms with Gasteiger partial charge in [0, 0.05) is 11.7 Å². The van der Waals surface area contributed by atoms with Crippen LogP contribution in [0.25, 0.3) is 0 Å². The van der Waals surface area contributed by atoms with Crippen molar-refractivity contribution in [2.45, 2.75) is 45.5 Å². The number of nitrogens with two attached hydrogens (primary N) is 1. The van der Waals surface area contributed by atoms with Crippen molar-refractivity contribution < 1.29 is 22.8 Å².